The zero-order chi connectivity index (χ0) is 24.9. The lowest BCUT2D eigenvalue weighted by Gasteiger charge is -2.08. The van der Waals surface area contributed by atoms with Gasteiger partial charge in [0.15, 0.2) is 0 Å². The predicted octanol–water partition coefficient (Wildman–Crippen LogP) is 4.16. The number of hydrogen-bond acceptors (Lipinski definition) is 8. The van der Waals surface area contributed by atoms with Crippen LogP contribution in [-0.2, 0) is 36.7 Å². The van der Waals surface area contributed by atoms with Crippen molar-refractivity contribution in [1.82, 2.24) is 15.0 Å². The minimum atomic E-state index is 0.0728. The number of aryl methyl sites for hydroxylation is 1. The van der Waals surface area contributed by atoms with Crippen molar-refractivity contribution in [3.05, 3.63) is 11.9 Å². The first kappa shape index (κ1) is 31.0. The lowest BCUT2D eigenvalue weighted by atomic mass is 10.1. The molecule has 9 heteroatoms. The van der Waals surface area contributed by atoms with E-state index in [0.29, 0.717) is 71.1 Å². The summed E-state index contributed by atoms with van der Waals surface area (Å²) in [4.78, 5) is 11.5. The van der Waals surface area contributed by atoms with E-state index in [-0.39, 0.29) is 11.7 Å². The number of carbonyl (C=O) groups excluding carboxylic acids is 1. The fourth-order valence-corrected chi connectivity index (χ4v) is 3.40. The second-order valence-electron chi connectivity index (χ2n) is 8.95. The summed E-state index contributed by atoms with van der Waals surface area (Å²) >= 11 is 4.42. The van der Waals surface area contributed by atoms with Gasteiger partial charge in [-0.3, -0.25) is 4.79 Å². The Balaban J connectivity index is 1.84. The molecular weight excluding hydrogens is 454 g/mol. The predicted molar refractivity (Wildman–Crippen MR) is 138 cm³/mol. The van der Waals surface area contributed by atoms with Gasteiger partial charge in [0.25, 0.3) is 0 Å². The number of rotatable bonds is 24. The maximum absolute atomic E-state index is 11.5. The number of ketones is 1. The smallest absolute Gasteiger partial charge is 0.137 e. The quantitative estimate of drug-likeness (QED) is 0.168. The van der Waals surface area contributed by atoms with Gasteiger partial charge >= 0.3 is 0 Å². The highest BCUT2D eigenvalue weighted by atomic mass is 32.1. The van der Waals surface area contributed by atoms with E-state index in [1.165, 1.54) is 38.5 Å². The van der Waals surface area contributed by atoms with E-state index in [0.717, 1.165) is 12.1 Å². The van der Waals surface area contributed by atoms with Gasteiger partial charge in [0, 0.05) is 18.5 Å². The molecule has 1 atom stereocenters. The Morgan fingerprint density at radius 1 is 0.853 bits per heavy atom. The van der Waals surface area contributed by atoms with Crippen molar-refractivity contribution in [1.29, 1.82) is 0 Å². The first-order valence-corrected chi connectivity index (χ1v) is 13.4. The molecule has 0 aliphatic rings. The zero-order valence-corrected chi connectivity index (χ0v) is 22.5. The fourth-order valence-electron chi connectivity index (χ4n) is 3.22. The minimum absolute atomic E-state index is 0.0728. The first-order chi connectivity index (χ1) is 16.5. The standard InChI is InChI=1S/C25H47N3O5S/c1-22(2)25(29)11-13-30-15-17-32-19-20-33-18-16-31-14-12-28-21-24(26-27-28)10-8-6-4-5-7-9-23(3)34/h21-23,34H,4-20H2,1-3H3. The molecule has 0 aliphatic heterocycles. The molecule has 1 aromatic heterocycles. The van der Waals surface area contributed by atoms with Crippen molar-refractivity contribution < 1.29 is 23.7 Å². The molecule has 1 rings (SSSR count). The largest absolute Gasteiger partial charge is 0.379 e. The average Bonchev–Trinajstić information content (AvgIpc) is 3.25. The Labute approximate surface area is 211 Å². The van der Waals surface area contributed by atoms with E-state index in [1.807, 2.05) is 24.7 Å². The Morgan fingerprint density at radius 2 is 1.41 bits per heavy atom. The SMILES string of the molecule is CC(S)CCCCCCCc1cn(CCOCCOCCOCCOCCC(=O)C(C)C)nn1. The molecule has 0 N–H and O–H groups in total. The average molecular weight is 502 g/mol. The van der Waals surface area contributed by atoms with Gasteiger partial charge in [-0.25, -0.2) is 4.68 Å². The third kappa shape index (κ3) is 18.3. The summed E-state index contributed by atoms with van der Waals surface area (Å²) in [5.41, 5.74) is 1.06. The number of ether oxygens (including phenoxy) is 4. The van der Waals surface area contributed by atoms with Crippen LogP contribution in [0, 0.1) is 5.92 Å². The van der Waals surface area contributed by atoms with Crippen molar-refractivity contribution in [3.8, 4) is 0 Å². The highest BCUT2D eigenvalue weighted by Crippen LogP contribution is 2.11. The third-order valence-corrected chi connectivity index (χ3v) is 5.62. The van der Waals surface area contributed by atoms with Crippen LogP contribution in [0.3, 0.4) is 0 Å². The maximum atomic E-state index is 11.5. The van der Waals surface area contributed by atoms with Crippen molar-refractivity contribution in [2.75, 3.05) is 52.9 Å². The lowest BCUT2D eigenvalue weighted by Crippen LogP contribution is -2.14. The van der Waals surface area contributed by atoms with Crippen LogP contribution in [-0.4, -0.2) is 78.9 Å². The van der Waals surface area contributed by atoms with Crippen LogP contribution in [0.25, 0.3) is 0 Å². The minimum Gasteiger partial charge on any atom is -0.379 e. The van der Waals surface area contributed by atoms with Crippen LogP contribution in [0.4, 0.5) is 0 Å². The summed E-state index contributed by atoms with van der Waals surface area (Å²) in [6.07, 6.45) is 11.0. The van der Waals surface area contributed by atoms with Gasteiger partial charge in [-0.1, -0.05) is 51.7 Å². The van der Waals surface area contributed by atoms with E-state index < -0.39 is 0 Å². The Bertz CT molecular complexity index is 613. The molecule has 0 saturated carbocycles. The second kappa shape index (κ2) is 21.3. The first-order valence-electron chi connectivity index (χ1n) is 12.9. The summed E-state index contributed by atoms with van der Waals surface area (Å²) in [6, 6.07) is 0. The Hall–Kier alpha value is -1.00. The number of thiol groups is 1. The van der Waals surface area contributed by atoms with E-state index in [4.69, 9.17) is 18.9 Å². The van der Waals surface area contributed by atoms with Gasteiger partial charge in [-0.15, -0.1) is 5.10 Å². The molecule has 0 radical (unpaired) electrons. The van der Waals surface area contributed by atoms with E-state index in [9.17, 15) is 4.79 Å². The van der Waals surface area contributed by atoms with Gasteiger partial charge in [0.2, 0.25) is 0 Å². The van der Waals surface area contributed by atoms with E-state index >= 15 is 0 Å². The van der Waals surface area contributed by atoms with Gasteiger partial charge in [-0.05, 0) is 24.5 Å². The third-order valence-electron chi connectivity index (χ3n) is 5.36. The molecule has 1 aromatic rings. The number of aromatic nitrogens is 3. The highest BCUT2D eigenvalue weighted by Gasteiger charge is 2.06. The number of carbonyl (C=O) groups is 1. The Morgan fingerprint density at radius 3 is 2.03 bits per heavy atom. The summed E-state index contributed by atoms with van der Waals surface area (Å²) in [6.45, 7) is 10.8. The number of nitrogens with zero attached hydrogens (tertiary/aromatic N) is 3. The molecule has 34 heavy (non-hydrogen) atoms. The fraction of sp³-hybridized carbons (Fsp3) is 0.880. The molecule has 0 saturated heterocycles. The molecule has 1 unspecified atom stereocenters. The Kier molecular flexibility index (Phi) is 19.4. The normalized spacial score (nSPS) is 12.5. The number of unbranched alkanes of at least 4 members (excludes halogenated alkanes) is 4. The van der Waals surface area contributed by atoms with Crippen LogP contribution in [0.2, 0.25) is 0 Å². The van der Waals surface area contributed by atoms with Crippen molar-refractivity contribution in [2.24, 2.45) is 5.92 Å². The van der Waals surface area contributed by atoms with E-state index in [1.54, 1.807) is 0 Å². The molecule has 1 heterocycles. The molecular formula is C25H47N3O5S. The topological polar surface area (TPSA) is 84.7 Å². The lowest BCUT2D eigenvalue weighted by molar-refractivity contribution is -0.123. The molecule has 0 amide bonds. The molecule has 0 bridgehead atoms. The number of Topliss-reactive ketones (excluding diaryl/α,β-unsaturated/α-hetero) is 1. The molecule has 198 valence electrons. The monoisotopic (exact) mass is 501 g/mol. The molecule has 0 aliphatic carbocycles. The second-order valence-corrected chi connectivity index (χ2v) is 9.83. The van der Waals surface area contributed by atoms with Gasteiger partial charge in [-0.2, -0.15) is 12.6 Å². The van der Waals surface area contributed by atoms with Crippen molar-refractivity contribution in [2.45, 2.75) is 83.9 Å². The van der Waals surface area contributed by atoms with Crippen LogP contribution >= 0.6 is 12.6 Å². The molecule has 0 fully saturated rings. The van der Waals surface area contributed by atoms with Crippen LogP contribution < -0.4 is 0 Å². The number of hydrogen-bond donors (Lipinski definition) is 1. The summed E-state index contributed by atoms with van der Waals surface area (Å²) < 4.78 is 23.8. The summed E-state index contributed by atoms with van der Waals surface area (Å²) in [5.74, 6) is 0.304. The van der Waals surface area contributed by atoms with Gasteiger partial charge in [0.1, 0.15) is 5.78 Å². The molecule has 0 aromatic carbocycles. The van der Waals surface area contributed by atoms with Crippen molar-refractivity contribution in [3.63, 3.8) is 0 Å². The van der Waals surface area contributed by atoms with Crippen LogP contribution in [0.1, 0.15) is 71.4 Å². The zero-order valence-electron chi connectivity index (χ0n) is 21.6. The van der Waals surface area contributed by atoms with Gasteiger partial charge in [0.05, 0.1) is 65.1 Å². The van der Waals surface area contributed by atoms with E-state index in [2.05, 4.69) is 29.9 Å². The maximum Gasteiger partial charge on any atom is 0.137 e. The molecule has 8 nitrogen and oxygen atoms in total. The summed E-state index contributed by atoms with van der Waals surface area (Å²) in [7, 11) is 0. The highest BCUT2D eigenvalue weighted by molar-refractivity contribution is 7.80. The van der Waals surface area contributed by atoms with Crippen LogP contribution in [0.15, 0.2) is 6.20 Å². The van der Waals surface area contributed by atoms with Crippen LogP contribution in [0.5, 0.6) is 0 Å². The summed E-state index contributed by atoms with van der Waals surface area (Å²) in [5, 5.41) is 8.95. The van der Waals surface area contributed by atoms with Crippen molar-refractivity contribution >= 4 is 18.4 Å². The van der Waals surface area contributed by atoms with Gasteiger partial charge < -0.3 is 18.9 Å². The molecule has 0 spiro atoms.